The fourth-order valence-corrected chi connectivity index (χ4v) is 4.08. The van der Waals surface area contributed by atoms with Gasteiger partial charge in [0.1, 0.15) is 0 Å². The summed E-state index contributed by atoms with van der Waals surface area (Å²) in [5, 5.41) is 6.56. The molecule has 8 heteroatoms. The van der Waals surface area contributed by atoms with Gasteiger partial charge in [-0.1, -0.05) is 41.9 Å². The van der Waals surface area contributed by atoms with Crippen molar-refractivity contribution < 1.29 is 42.8 Å². The van der Waals surface area contributed by atoms with Crippen LogP contribution in [0.3, 0.4) is 0 Å². The molecular formula is C26H37ClIN3O3. The molecule has 34 heavy (non-hydrogen) atoms. The summed E-state index contributed by atoms with van der Waals surface area (Å²) in [5.41, 5.74) is 2.05. The minimum atomic E-state index is -0.185. The van der Waals surface area contributed by atoms with Crippen LogP contribution < -0.4 is 34.6 Å². The number of carbonyl (C=O) groups is 2. The summed E-state index contributed by atoms with van der Waals surface area (Å²) >= 11 is 6.03. The lowest BCUT2D eigenvalue weighted by atomic mass is 10.1. The van der Waals surface area contributed by atoms with E-state index in [1.165, 1.54) is 12.7 Å². The number of nitrogens with zero attached hydrogens (tertiary/aromatic N) is 1. The normalized spacial score (nSPS) is 12.2. The molecule has 0 saturated heterocycles. The lowest BCUT2D eigenvalue weighted by molar-refractivity contribution is -0.926. The highest BCUT2D eigenvalue weighted by Gasteiger charge is 2.24. The van der Waals surface area contributed by atoms with Gasteiger partial charge in [-0.15, -0.1) is 0 Å². The van der Waals surface area contributed by atoms with Crippen LogP contribution in [0.25, 0.3) is 0 Å². The highest BCUT2D eigenvalue weighted by atomic mass is 127. The van der Waals surface area contributed by atoms with Crippen molar-refractivity contribution in [1.29, 1.82) is 0 Å². The second-order valence-electron chi connectivity index (χ2n) is 8.34. The van der Waals surface area contributed by atoms with Crippen molar-refractivity contribution in [3.8, 4) is 0 Å². The number of hydrogen-bond acceptors (Lipinski definition) is 3. The summed E-state index contributed by atoms with van der Waals surface area (Å²) in [5.74, 6) is -0.153. The van der Waals surface area contributed by atoms with Gasteiger partial charge in [0.25, 0.3) is 0 Å². The van der Waals surface area contributed by atoms with E-state index in [4.69, 9.17) is 16.3 Å². The number of benzene rings is 2. The van der Waals surface area contributed by atoms with Gasteiger partial charge in [-0.2, -0.15) is 0 Å². The number of nitrogens with one attached hydrogen (secondary N) is 2. The van der Waals surface area contributed by atoms with Crippen LogP contribution >= 0.6 is 11.6 Å². The molecular weight excluding hydrogens is 565 g/mol. The lowest BCUT2D eigenvalue weighted by Gasteiger charge is -2.38. The second kappa shape index (κ2) is 16.7. The largest absolute Gasteiger partial charge is 1.00 e. The highest BCUT2D eigenvalue weighted by molar-refractivity contribution is 6.30. The predicted octanol–water partition coefficient (Wildman–Crippen LogP) is 2.28. The molecule has 188 valence electrons. The monoisotopic (exact) mass is 601 g/mol. The van der Waals surface area contributed by atoms with E-state index >= 15 is 0 Å². The number of methoxy groups -OCH3 is 1. The molecule has 1 unspecified atom stereocenters. The smallest absolute Gasteiger partial charge is 0.319 e. The van der Waals surface area contributed by atoms with Gasteiger partial charge in [-0.3, -0.25) is 4.79 Å². The first-order valence-corrected chi connectivity index (χ1v) is 12.1. The average molecular weight is 602 g/mol. The molecule has 0 aliphatic carbocycles. The number of esters is 1. The molecule has 0 radical (unpaired) electrons. The van der Waals surface area contributed by atoms with E-state index in [1.54, 1.807) is 0 Å². The number of amides is 2. The van der Waals surface area contributed by atoms with Crippen LogP contribution in [0.4, 0.5) is 10.5 Å². The van der Waals surface area contributed by atoms with Gasteiger partial charge in [0.05, 0.1) is 33.3 Å². The fourth-order valence-electron chi connectivity index (χ4n) is 3.96. The quantitative estimate of drug-likeness (QED) is 0.151. The maximum atomic E-state index is 12.2. The zero-order valence-electron chi connectivity index (χ0n) is 20.2. The van der Waals surface area contributed by atoms with E-state index in [9.17, 15) is 9.59 Å². The van der Waals surface area contributed by atoms with E-state index < -0.39 is 0 Å². The number of unbranched alkanes of at least 4 members (excludes halogenated alkanes) is 1. The second-order valence-corrected chi connectivity index (χ2v) is 8.78. The standard InChI is InChI=1S/C26H36ClN3O3.HI/c1-3-30(19-8-7-12-25(31)33-2,21-17-22-13-15-23(27)16-14-22)20-9-18-28-26(32)29-24-10-5-4-6-11-24;/h4-6,10-11,13-16H,3,7-9,12,17-21H2,1-2H3,(H-,28,29,32);1H. The van der Waals surface area contributed by atoms with Crippen molar-refractivity contribution in [2.45, 2.75) is 39.0 Å². The lowest BCUT2D eigenvalue weighted by Crippen LogP contribution is -3.00. The van der Waals surface area contributed by atoms with Crippen molar-refractivity contribution in [2.75, 3.05) is 45.2 Å². The van der Waals surface area contributed by atoms with Gasteiger partial charge in [0.2, 0.25) is 0 Å². The molecule has 2 rings (SSSR count). The molecule has 1 atom stereocenters. The summed E-state index contributed by atoms with van der Waals surface area (Å²) in [6.45, 7) is 6.80. The van der Waals surface area contributed by atoms with E-state index in [0.29, 0.717) is 13.0 Å². The molecule has 2 aromatic carbocycles. The average Bonchev–Trinajstić information content (AvgIpc) is 2.84. The Hall–Kier alpha value is -1.84. The number of quaternary nitrogens is 1. The Bertz CT molecular complexity index is 852. The van der Waals surface area contributed by atoms with Crippen LogP contribution in [0.15, 0.2) is 54.6 Å². The topological polar surface area (TPSA) is 67.4 Å². The molecule has 0 aliphatic rings. The van der Waals surface area contributed by atoms with Crippen molar-refractivity contribution in [1.82, 2.24) is 5.32 Å². The Morgan fingerprint density at radius 1 is 0.941 bits per heavy atom. The van der Waals surface area contributed by atoms with Crippen LogP contribution in [-0.2, 0) is 16.0 Å². The molecule has 0 saturated carbocycles. The number of rotatable bonds is 14. The Labute approximate surface area is 226 Å². The molecule has 2 aromatic rings. The van der Waals surface area contributed by atoms with Gasteiger partial charge in [-0.05, 0) is 49.6 Å². The molecule has 0 aliphatic heterocycles. The third-order valence-electron chi connectivity index (χ3n) is 6.08. The molecule has 0 bridgehead atoms. The Kier molecular flexibility index (Phi) is 14.9. The van der Waals surface area contributed by atoms with Gasteiger partial charge < -0.3 is 43.8 Å². The Balaban J connectivity index is 0.00000578. The van der Waals surface area contributed by atoms with Crippen molar-refractivity contribution in [3.05, 3.63) is 65.2 Å². The van der Waals surface area contributed by atoms with Crippen molar-refractivity contribution >= 4 is 29.3 Å². The number of ether oxygens (including phenoxy) is 1. The zero-order valence-corrected chi connectivity index (χ0v) is 23.1. The van der Waals surface area contributed by atoms with E-state index in [0.717, 1.165) is 67.1 Å². The summed E-state index contributed by atoms with van der Waals surface area (Å²) in [6.07, 6.45) is 4.09. The third kappa shape index (κ3) is 11.5. The van der Waals surface area contributed by atoms with Crippen LogP contribution in [0.5, 0.6) is 0 Å². The molecule has 0 fully saturated rings. The van der Waals surface area contributed by atoms with Gasteiger partial charge >= 0.3 is 12.0 Å². The number of urea groups is 1. The number of carbonyl (C=O) groups excluding carboxylic acids is 2. The van der Waals surface area contributed by atoms with Gasteiger partial charge in [0.15, 0.2) is 0 Å². The van der Waals surface area contributed by atoms with Crippen LogP contribution in [-0.4, -0.2) is 56.3 Å². The number of likely N-dealkylation sites (N-methyl/N-ethyl adjacent to an activating group) is 1. The number of para-hydroxylation sites is 1. The van der Waals surface area contributed by atoms with Crippen LogP contribution in [0.2, 0.25) is 5.02 Å². The third-order valence-corrected chi connectivity index (χ3v) is 6.33. The number of anilines is 1. The molecule has 0 spiro atoms. The van der Waals surface area contributed by atoms with Gasteiger partial charge in [0, 0.05) is 36.5 Å². The van der Waals surface area contributed by atoms with E-state index in [1.807, 2.05) is 42.5 Å². The minimum absolute atomic E-state index is 0. The fraction of sp³-hybridized carbons (Fsp3) is 0.462. The Morgan fingerprint density at radius 2 is 1.62 bits per heavy atom. The first-order valence-electron chi connectivity index (χ1n) is 11.7. The first kappa shape index (κ1) is 30.2. The molecule has 6 nitrogen and oxygen atoms in total. The maximum absolute atomic E-state index is 12.2. The van der Waals surface area contributed by atoms with E-state index in [2.05, 4.69) is 29.7 Å². The van der Waals surface area contributed by atoms with Crippen molar-refractivity contribution in [3.63, 3.8) is 0 Å². The molecule has 0 aromatic heterocycles. The molecule has 2 N–H and O–H groups in total. The highest BCUT2D eigenvalue weighted by Crippen LogP contribution is 2.16. The molecule has 0 heterocycles. The van der Waals surface area contributed by atoms with Crippen LogP contribution in [0.1, 0.15) is 38.2 Å². The van der Waals surface area contributed by atoms with Crippen LogP contribution in [0, 0.1) is 0 Å². The number of halogens is 2. The maximum Gasteiger partial charge on any atom is 0.319 e. The Morgan fingerprint density at radius 3 is 2.26 bits per heavy atom. The SMILES string of the molecule is CC[N+](CCCCC(=O)OC)(CCCNC(=O)Nc1ccccc1)CCc1ccc(Cl)cc1.[I-]. The predicted molar refractivity (Wildman–Crippen MR) is 135 cm³/mol. The summed E-state index contributed by atoms with van der Waals surface area (Å²) in [6, 6.07) is 17.3. The van der Waals surface area contributed by atoms with E-state index in [-0.39, 0.29) is 36.0 Å². The summed E-state index contributed by atoms with van der Waals surface area (Å²) in [7, 11) is 1.43. The molecule has 2 amide bonds. The van der Waals surface area contributed by atoms with Gasteiger partial charge in [-0.25, -0.2) is 4.79 Å². The minimum Gasteiger partial charge on any atom is -1.00 e. The first-order chi connectivity index (χ1) is 16.0. The van der Waals surface area contributed by atoms with Crippen molar-refractivity contribution in [2.24, 2.45) is 0 Å². The zero-order chi connectivity index (χ0) is 23.9. The summed E-state index contributed by atoms with van der Waals surface area (Å²) in [4.78, 5) is 23.6. The number of hydrogen-bond donors (Lipinski definition) is 2. The summed E-state index contributed by atoms with van der Waals surface area (Å²) < 4.78 is 5.72.